The van der Waals surface area contributed by atoms with Gasteiger partial charge in [0, 0.05) is 33.6 Å². The Morgan fingerprint density at radius 2 is 2.00 bits per heavy atom. The minimum Gasteiger partial charge on any atom is -0.360 e. The topological polar surface area (TPSA) is 32.9 Å². The number of hydrogen-bond acceptors (Lipinski definition) is 1. The molecule has 2 aliphatic carbocycles. The van der Waals surface area contributed by atoms with Gasteiger partial charge in [-0.1, -0.05) is 11.6 Å². The van der Waals surface area contributed by atoms with Crippen LogP contribution in [0.5, 0.6) is 0 Å². The van der Waals surface area contributed by atoms with Crippen molar-refractivity contribution in [1.29, 1.82) is 0 Å². The maximum atomic E-state index is 12.5. The van der Waals surface area contributed by atoms with Crippen LogP contribution < -0.4 is 0 Å². The van der Waals surface area contributed by atoms with Crippen LogP contribution in [0.25, 0.3) is 10.9 Å². The summed E-state index contributed by atoms with van der Waals surface area (Å²) >= 11 is 6.02. The van der Waals surface area contributed by atoms with Gasteiger partial charge in [-0.3, -0.25) is 4.79 Å². The molecule has 2 aliphatic rings. The van der Waals surface area contributed by atoms with E-state index in [0.29, 0.717) is 10.8 Å². The number of aromatic amines is 1. The van der Waals surface area contributed by atoms with E-state index >= 15 is 0 Å². The highest BCUT2D eigenvalue weighted by Crippen LogP contribution is 2.55. The number of aromatic nitrogens is 1. The van der Waals surface area contributed by atoms with Crippen LogP contribution in [0.1, 0.15) is 29.6 Å². The molecule has 0 bridgehead atoms. The Balaban J connectivity index is 1.73. The largest absolute Gasteiger partial charge is 0.360 e. The van der Waals surface area contributed by atoms with Crippen molar-refractivity contribution in [3.8, 4) is 0 Å². The van der Waals surface area contributed by atoms with Gasteiger partial charge in [0.1, 0.15) is 0 Å². The summed E-state index contributed by atoms with van der Waals surface area (Å²) in [7, 11) is 0. The van der Waals surface area contributed by atoms with Crippen LogP contribution >= 0.6 is 11.6 Å². The van der Waals surface area contributed by atoms with Crippen molar-refractivity contribution in [2.75, 3.05) is 0 Å². The van der Waals surface area contributed by atoms with E-state index in [0.717, 1.165) is 41.1 Å². The Morgan fingerprint density at radius 3 is 2.78 bits per heavy atom. The first kappa shape index (κ1) is 10.6. The van der Waals surface area contributed by atoms with E-state index in [1.54, 1.807) is 0 Å². The van der Waals surface area contributed by atoms with Gasteiger partial charge in [0.05, 0.1) is 0 Å². The molecular weight excluding hydrogens is 246 g/mol. The SMILES string of the molecule is O=C(c1c[nH]c2ccc(Cl)cc12)C1CC2CC2C1. The van der Waals surface area contributed by atoms with Gasteiger partial charge in [-0.25, -0.2) is 0 Å². The van der Waals surface area contributed by atoms with Crippen molar-refractivity contribution in [2.24, 2.45) is 17.8 Å². The predicted octanol–water partition coefficient (Wildman–Crippen LogP) is 4.05. The number of fused-ring (bicyclic) bond motifs is 2. The van der Waals surface area contributed by atoms with Crippen LogP contribution in [0.2, 0.25) is 5.02 Å². The molecule has 2 atom stereocenters. The standard InChI is InChI=1S/C15H14ClNO/c16-11-1-2-14-12(6-11)13(7-17-14)15(18)10-4-8-3-9(8)5-10/h1-2,6-10,17H,3-5H2. The molecule has 3 heteroatoms. The molecule has 1 heterocycles. The fourth-order valence-electron chi connectivity index (χ4n) is 3.45. The lowest BCUT2D eigenvalue weighted by atomic mass is 9.93. The normalized spacial score (nSPS) is 29.5. The molecule has 2 saturated carbocycles. The molecule has 1 aromatic carbocycles. The summed E-state index contributed by atoms with van der Waals surface area (Å²) in [6, 6.07) is 5.66. The first-order valence-electron chi connectivity index (χ1n) is 6.53. The number of H-pyrrole nitrogens is 1. The van der Waals surface area contributed by atoms with Crippen LogP contribution in [0.15, 0.2) is 24.4 Å². The van der Waals surface area contributed by atoms with E-state index in [9.17, 15) is 4.79 Å². The van der Waals surface area contributed by atoms with Gasteiger partial charge in [0.2, 0.25) is 0 Å². The second-order valence-electron chi connectivity index (χ2n) is 5.68. The van der Waals surface area contributed by atoms with Gasteiger partial charge in [-0.2, -0.15) is 0 Å². The lowest BCUT2D eigenvalue weighted by Gasteiger charge is -2.09. The highest BCUT2D eigenvalue weighted by atomic mass is 35.5. The van der Waals surface area contributed by atoms with Gasteiger partial charge in [0.25, 0.3) is 0 Å². The summed E-state index contributed by atoms with van der Waals surface area (Å²) in [6.45, 7) is 0. The number of benzene rings is 1. The Labute approximate surface area is 110 Å². The average molecular weight is 260 g/mol. The first-order valence-corrected chi connectivity index (χ1v) is 6.91. The van der Waals surface area contributed by atoms with Crippen molar-refractivity contribution in [1.82, 2.24) is 4.98 Å². The van der Waals surface area contributed by atoms with Crippen molar-refractivity contribution in [3.05, 3.63) is 35.0 Å². The number of Topliss-reactive ketones (excluding diaryl/α,β-unsaturated/α-hetero) is 1. The monoisotopic (exact) mass is 259 g/mol. The van der Waals surface area contributed by atoms with E-state index in [2.05, 4.69) is 4.98 Å². The van der Waals surface area contributed by atoms with Crippen LogP contribution in [0.3, 0.4) is 0 Å². The molecule has 1 aromatic heterocycles. The van der Waals surface area contributed by atoms with Crippen LogP contribution in [-0.2, 0) is 0 Å². The fourth-order valence-corrected chi connectivity index (χ4v) is 3.62. The van der Waals surface area contributed by atoms with Crippen LogP contribution in [-0.4, -0.2) is 10.8 Å². The average Bonchev–Trinajstić information content (AvgIpc) is 2.82. The summed E-state index contributed by atoms with van der Waals surface area (Å²) in [4.78, 5) is 15.7. The molecule has 4 rings (SSSR count). The molecule has 0 amide bonds. The minimum absolute atomic E-state index is 0.242. The van der Waals surface area contributed by atoms with Crippen molar-refractivity contribution in [2.45, 2.75) is 19.3 Å². The van der Waals surface area contributed by atoms with E-state index in [-0.39, 0.29) is 5.92 Å². The Morgan fingerprint density at radius 1 is 1.22 bits per heavy atom. The third-order valence-corrected chi connectivity index (χ3v) is 4.76. The maximum Gasteiger partial charge on any atom is 0.168 e. The fraction of sp³-hybridized carbons (Fsp3) is 0.400. The molecule has 2 aromatic rings. The van der Waals surface area contributed by atoms with Gasteiger partial charge in [-0.15, -0.1) is 0 Å². The quantitative estimate of drug-likeness (QED) is 0.811. The molecule has 1 N–H and O–H groups in total. The Bertz CT molecular complexity index is 635. The number of halogens is 1. The Kier molecular flexibility index (Phi) is 2.13. The van der Waals surface area contributed by atoms with Crippen LogP contribution in [0.4, 0.5) is 0 Å². The third kappa shape index (κ3) is 1.52. The number of nitrogens with one attached hydrogen (secondary N) is 1. The molecule has 2 nitrogen and oxygen atoms in total. The molecule has 0 spiro atoms. The van der Waals surface area contributed by atoms with Crippen molar-refractivity contribution < 1.29 is 4.79 Å². The molecule has 18 heavy (non-hydrogen) atoms. The highest BCUT2D eigenvalue weighted by Gasteiger charge is 2.48. The second kappa shape index (κ2) is 3.61. The highest BCUT2D eigenvalue weighted by molar-refractivity contribution is 6.31. The lowest BCUT2D eigenvalue weighted by Crippen LogP contribution is -2.12. The van der Waals surface area contributed by atoms with E-state index in [1.807, 2.05) is 24.4 Å². The Hall–Kier alpha value is -1.28. The summed E-state index contributed by atoms with van der Waals surface area (Å²) < 4.78 is 0. The van der Waals surface area contributed by atoms with E-state index in [4.69, 9.17) is 11.6 Å². The molecule has 0 aliphatic heterocycles. The molecule has 92 valence electrons. The number of rotatable bonds is 2. The number of hydrogen-bond donors (Lipinski definition) is 1. The summed E-state index contributed by atoms with van der Waals surface area (Å²) in [5, 5.41) is 1.65. The zero-order valence-electron chi connectivity index (χ0n) is 9.95. The molecule has 0 radical (unpaired) electrons. The van der Waals surface area contributed by atoms with E-state index in [1.165, 1.54) is 6.42 Å². The zero-order chi connectivity index (χ0) is 12.3. The van der Waals surface area contributed by atoms with Gasteiger partial charge in [-0.05, 0) is 49.3 Å². The van der Waals surface area contributed by atoms with Gasteiger partial charge in [0.15, 0.2) is 5.78 Å². The van der Waals surface area contributed by atoms with Crippen molar-refractivity contribution in [3.63, 3.8) is 0 Å². The summed E-state index contributed by atoms with van der Waals surface area (Å²) in [5.41, 5.74) is 1.81. The number of carbonyl (C=O) groups excluding carboxylic acids is 1. The summed E-state index contributed by atoms with van der Waals surface area (Å²) in [5.74, 6) is 2.22. The van der Waals surface area contributed by atoms with Gasteiger partial charge >= 0.3 is 0 Å². The molecule has 2 unspecified atom stereocenters. The van der Waals surface area contributed by atoms with Gasteiger partial charge < -0.3 is 4.98 Å². The second-order valence-corrected chi connectivity index (χ2v) is 6.12. The lowest BCUT2D eigenvalue weighted by molar-refractivity contribution is 0.0916. The minimum atomic E-state index is 0.242. The maximum absolute atomic E-state index is 12.5. The smallest absolute Gasteiger partial charge is 0.168 e. The van der Waals surface area contributed by atoms with Crippen molar-refractivity contribution >= 4 is 28.3 Å². The van der Waals surface area contributed by atoms with Crippen LogP contribution in [0, 0.1) is 17.8 Å². The molecular formula is C15H14ClNO. The molecule has 0 saturated heterocycles. The zero-order valence-corrected chi connectivity index (χ0v) is 10.7. The summed E-state index contributed by atoms with van der Waals surface area (Å²) in [6.07, 6.45) is 5.38. The number of carbonyl (C=O) groups is 1. The third-order valence-electron chi connectivity index (χ3n) is 4.52. The number of ketones is 1. The predicted molar refractivity (Wildman–Crippen MR) is 72.0 cm³/mol. The first-order chi connectivity index (χ1) is 8.72. The van der Waals surface area contributed by atoms with E-state index < -0.39 is 0 Å². The molecule has 2 fully saturated rings.